The second kappa shape index (κ2) is 22.8. The number of benzene rings is 2. The minimum Gasteiger partial charge on any atom is -0.480 e. The lowest BCUT2D eigenvalue weighted by molar-refractivity contribution is -0.145. The number of hydrogen-bond donors (Lipinski definition) is 4. The van der Waals surface area contributed by atoms with Gasteiger partial charge < -0.3 is 30.6 Å². The summed E-state index contributed by atoms with van der Waals surface area (Å²) in [5, 5.41) is 24.0. The smallest absolute Gasteiger partial charge is 0.326 e. The molecule has 4 amide bonds. The summed E-state index contributed by atoms with van der Waals surface area (Å²) in [6, 6.07) is 14.7. The van der Waals surface area contributed by atoms with Gasteiger partial charge in [0.05, 0.1) is 0 Å². The van der Waals surface area contributed by atoms with E-state index in [4.69, 9.17) is 0 Å². The number of aliphatic carboxylic acids is 2. The van der Waals surface area contributed by atoms with Gasteiger partial charge >= 0.3 is 11.9 Å². The summed E-state index contributed by atoms with van der Waals surface area (Å²) in [6.45, 7) is 7.30. The zero-order valence-electron chi connectivity index (χ0n) is 32.2. The first-order valence-corrected chi connectivity index (χ1v) is 20.6. The summed E-state index contributed by atoms with van der Waals surface area (Å²) in [5.74, 6) is -3.51. The van der Waals surface area contributed by atoms with Crippen LogP contribution in [0.1, 0.15) is 64.5 Å². The third-order valence-corrected chi connectivity index (χ3v) is 11.5. The summed E-state index contributed by atoms with van der Waals surface area (Å²) in [4.78, 5) is 99.3. The maximum Gasteiger partial charge on any atom is 0.326 e. The van der Waals surface area contributed by atoms with Crippen LogP contribution >= 0.6 is 23.5 Å². The van der Waals surface area contributed by atoms with E-state index in [-0.39, 0.29) is 46.7 Å². The van der Waals surface area contributed by atoms with E-state index < -0.39 is 47.9 Å². The van der Waals surface area contributed by atoms with Crippen LogP contribution in [0.2, 0.25) is 0 Å². The fourth-order valence-corrected chi connectivity index (χ4v) is 7.69. The van der Waals surface area contributed by atoms with Gasteiger partial charge in [-0.05, 0) is 36.8 Å². The number of carbonyl (C=O) groups is 8. The molecule has 0 saturated carbocycles. The van der Waals surface area contributed by atoms with Crippen molar-refractivity contribution in [2.24, 2.45) is 11.8 Å². The van der Waals surface area contributed by atoms with Crippen LogP contribution < -0.4 is 10.6 Å². The molecule has 2 aliphatic rings. The molecule has 4 N–H and O–H groups in total. The molecule has 2 aromatic rings. The number of amides is 4. The van der Waals surface area contributed by atoms with Crippen LogP contribution in [-0.2, 0) is 51.2 Å². The second-order valence-corrected chi connectivity index (χ2v) is 16.4. The summed E-state index contributed by atoms with van der Waals surface area (Å²) in [7, 11) is 0. The maximum atomic E-state index is 12.7. The van der Waals surface area contributed by atoms with Gasteiger partial charge in [-0.3, -0.25) is 28.8 Å². The Kier molecular flexibility index (Phi) is 18.6. The molecule has 2 unspecified atom stereocenters. The Labute approximate surface area is 335 Å². The van der Waals surface area contributed by atoms with Gasteiger partial charge in [-0.25, -0.2) is 9.59 Å². The monoisotopic (exact) mass is 812 g/mol. The Morgan fingerprint density at radius 2 is 0.964 bits per heavy atom. The van der Waals surface area contributed by atoms with E-state index in [1.165, 1.54) is 23.6 Å². The van der Waals surface area contributed by atoms with Gasteiger partial charge in [0.15, 0.2) is 10.2 Å². The molecular weight excluding hydrogens is 761 g/mol. The number of carbonyl (C=O) groups excluding carboxylic acids is 6. The fourth-order valence-electron chi connectivity index (χ4n) is 6.44. The zero-order chi connectivity index (χ0) is 41.4. The Hall–Kier alpha value is -4.70. The van der Waals surface area contributed by atoms with Gasteiger partial charge in [-0.2, -0.15) is 0 Å². The first-order chi connectivity index (χ1) is 26.6. The topological polar surface area (TPSA) is 208 Å². The van der Waals surface area contributed by atoms with Crippen molar-refractivity contribution >= 4 is 69.3 Å². The molecule has 0 bridgehead atoms. The van der Waals surface area contributed by atoms with Crippen LogP contribution in [0.5, 0.6) is 0 Å². The molecule has 2 aromatic carbocycles. The van der Waals surface area contributed by atoms with Crippen molar-refractivity contribution in [2.75, 3.05) is 24.6 Å². The standard InChI is InChI=1S/2C20H26N2O5S/c2*1-13(12-28-14(2)23)19(25)22-10-6-9-17(22)18(24)21-16(20(26)27)11-15-7-4-3-5-8-15/h2*3-5,7-8,13,16-17H,6,9-12H2,1-2H3,(H,21,24)(H,26,27)/t2*13?,16-,17-/m00/s1. The number of hydrogen-bond acceptors (Lipinski definition) is 10. The average Bonchev–Trinajstić information content (AvgIpc) is 3.87. The predicted octanol–water partition coefficient (Wildman–Crippen LogP) is 3.41. The number of carboxylic acids is 2. The largest absolute Gasteiger partial charge is 0.480 e. The summed E-state index contributed by atoms with van der Waals surface area (Å²) >= 11 is 2.17. The quantitative estimate of drug-likeness (QED) is 0.192. The number of thioether (sulfide) groups is 2. The highest BCUT2D eigenvalue weighted by atomic mass is 32.2. The van der Waals surface area contributed by atoms with Gasteiger partial charge in [0.1, 0.15) is 24.2 Å². The van der Waals surface area contributed by atoms with E-state index in [0.717, 1.165) is 34.7 Å². The predicted molar refractivity (Wildman–Crippen MR) is 214 cm³/mol. The van der Waals surface area contributed by atoms with Crippen LogP contribution in [0.4, 0.5) is 0 Å². The summed E-state index contributed by atoms with van der Waals surface area (Å²) in [5.41, 5.74) is 1.62. The van der Waals surface area contributed by atoms with Crippen LogP contribution in [0.3, 0.4) is 0 Å². The third-order valence-electron chi connectivity index (χ3n) is 9.39. The van der Waals surface area contributed by atoms with Crippen LogP contribution in [0.25, 0.3) is 0 Å². The van der Waals surface area contributed by atoms with E-state index >= 15 is 0 Å². The highest BCUT2D eigenvalue weighted by Crippen LogP contribution is 2.24. The molecule has 6 atom stereocenters. The number of carboxylic acid groups (broad SMARTS) is 2. The number of nitrogens with one attached hydrogen (secondary N) is 2. The van der Waals surface area contributed by atoms with Crippen molar-refractivity contribution in [1.29, 1.82) is 0 Å². The van der Waals surface area contributed by atoms with E-state index in [2.05, 4.69) is 10.6 Å². The first-order valence-electron chi connectivity index (χ1n) is 18.6. The lowest BCUT2D eigenvalue weighted by Crippen LogP contribution is -2.52. The minimum atomic E-state index is -1.11. The van der Waals surface area contributed by atoms with Gasteiger partial charge in [-0.1, -0.05) is 98.0 Å². The Balaban J connectivity index is 0.000000300. The maximum absolute atomic E-state index is 12.7. The Bertz CT molecular complexity index is 1570. The lowest BCUT2D eigenvalue weighted by Gasteiger charge is -2.27. The normalized spacial score (nSPS) is 18.4. The van der Waals surface area contributed by atoms with E-state index in [1.807, 2.05) is 60.7 Å². The molecule has 2 fully saturated rings. The van der Waals surface area contributed by atoms with Crippen LogP contribution in [0.15, 0.2) is 60.7 Å². The molecule has 304 valence electrons. The third kappa shape index (κ3) is 14.4. The fraction of sp³-hybridized carbons (Fsp3) is 0.500. The van der Waals surface area contributed by atoms with Gasteiger partial charge in [0.25, 0.3) is 0 Å². The van der Waals surface area contributed by atoms with Crippen molar-refractivity contribution in [3.8, 4) is 0 Å². The van der Waals surface area contributed by atoms with Gasteiger partial charge in [0.2, 0.25) is 23.6 Å². The summed E-state index contributed by atoms with van der Waals surface area (Å²) < 4.78 is 0. The molecule has 0 spiro atoms. The van der Waals surface area contributed by atoms with Crippen molar-refractivity contribution < 1.29 is 48.6 Å². The molecule has 0 radical (unpaired) electrons. The van der Waals surface area contributed by atoms with Gasteiger partial charge in [0, 0.05) is 63.1 Å². The molecule has 0 aliphatic carbocycles. The molecule has 2 aliphatic heterocycles. The Morgan fingerprint density at radius 1 is 0.625 bits per heavy atom. The average molecular weight is 813 g/mol. The molecular formula is C40H52N4O10S2. The second-order valence-electron chi connectivity index (χ2n) is 14.0. The molecule has 4 rings (SSSR count). The van der Waals surface area contributed by atoms with Crippen molar-refractivity contribution in [1.82, 2.24) is 20.4 Å². The molecule has 14 nitrogen and oxygen atoms in total. The van der Waals surface area contributed by atoms with E-state index in [0.29, 0.717) is 50.3 Å². The lowest BCUT2D eigenvalue weighted by atomic mass is 10.1. The number of likely N-dealkylation sites (tertiary alicyclic amines) is 2. The van der Waals surface area contributed by atoms with Crippen LogP contribution in [-0.4, -0.2) is 115 Å². The van der Waals surface area contributed by atoms with Crippen molar-refractivity contribution in [2.45, 2.75) is 90.4 Å². The Morgan fingerprint density at radius 3 is 1.27 bits per heavy atom. The molecule has 16 heteroatoms. The molecule has 2 saturated heterocycles. The molecule has 56 heavy (non-hydrogen) atoms. The molecule has 0 aromatic heterocycles. The van der Waals surface area contributed by atoms with Crippen molar-refractivity contribution in [3.63, 3.8) is 0 Å². The van der Waals surface area contributed by atoms with E-state index in [9.17, 15) is 48.6 Å². The zero-order valence-corrected chi connectivity index (χ0v) is 33.8. The highest BCUT2D eigenvalue weighted by Gasteiger charge is 2.39. The minimum absolute atomic E-state index is 0.0550. The number of rotatable bonds is 16. The summed E-state index contributed by atoms with van der Waals surface area (Å²) in [6.07, 6.45) is 2.73. The van der Waals surface area contributed by atoms with Gasteiger partial charge in [-0.15, -0.1) is 0 Å². The van der Waals surface area contributed by atoms with E-state index in [1.54, 1.807) is 13.8 Å². The first kappa shape index (κ1) is 45.7. The SMILES string of the molecule is CC(=O)SCC(C)C(=O)N1CCC[C@H]1C(=O)N[C@@H](Cc1ccccc1)C(=O)O.CC(=O)SCC(C)C(=O)N1CCC[C@H]1C(=O)N[C@@H](Cc1ccccc1)C(=O)O. The highest BCUT2D eigenvalue weighted by molar-refractivity contribution is 8.13. The van der Waals surface area contributed by atoms with Crippen LogP contribution in [0, 0.1) is 11.8 Å². The van der Waals surface area contributed by atoms with Crippen molar-refractivity contribution in [3.05, 3.63) is 71.8 Å². The number of nitrogens with zero attached hydrogens (tertiary/aromatic N) is 2. The molecule has 2 heterocycles.